The van der Waals surface area contributed by atoms with E-state index in [-0.39, 0.29) is 44.4 Å². The largest absolute Gasteiger partial charge is 0.462 e. The van der Waals surface area contributed by atoms with Gasteiger partial charge >= 0.3 is 17.9 Å². The summed E-state index contributed by atoms with van der Waals surface area (Å²) in [5, 5.41) is 0. The highest BCUT2D eigenvalue weighted by Gasteiger charge is 2.19. The monoisotopic (exact) mass is 869 g/mol. The van der Waals surface area contributed by atoms with Gasteiger partial charge in [-0.1, -0.05) is 199 Å². The average Bonchev–Trinajstić information content (AvgIpc) is 3.28. The Hall–Kier alpha value is -4.45. The average molecular weight is 869 g/mol. The second kappa shape index (κ2) is 50.2. The van der Waals surface area contributed by atoms with Crippen molar-refractivity contribution in [3.63, 3.8) is 0 Å². The van der Waals surface area contributed by atoms with Crippen molar-refractivity contribution in [2.45, 2.75) is 194 Å². The van der Waals surface area contributed by atoms with E-state index in [1.54, 1.807) is 6.08 Å². The van der Waals surface area contributed by atoms with Crippen LogP contribution in [0.25, 0.3) is 0 Å². The second-order valence-corrected chi connectivity index (χ2v) is 15.6. The molecule has 0 aromatic carbocycles. The summed E-state index contributed by atoms with van der Waals surface area (Å²) in [6.07, 6.45) is 70.5. The molecule has 6 nitrogen and oxygen atoms in total. The number of carbonyl (C=O) groups excluding carboxylic acids is 3. The van der Waals surface area contributed by atoms with Crippen molar-refractivity contribution in [3.8, 4) is 0 Å². The van der Waals surface area contributed by atoms with Crippen molar-refractivity contribution in [1.82, 2.24) is 0 Å². The van der Waals surface area contributed by atoms with Crippen molar-refractivity contribution >= 4 is 17.9 Å². The molecular weight excluding hydrogens is 781 g/mol. The van der Waals surface area contributed by atoms with Gasteiger partial charge in [-0.3, -0.25) is 14.4 Å². The molecule has 0 aliphatic heterocycles. The zero-order valence-electron chi connectivity index (χ0n) is 40.0. The van der Waals surface area contributed by atoms with E-state index in [1.807, 2.05) is 18.2 Å². The highest BCUT2D eigenvalue weighted by molar-refractivity contribution is 5.72. The molecule has 1 atom stereocenters. The van der Waals surface area contributed by atoms with Gasteiger partial charge in [-0.2, -0.15) is 0 Å². The van der Waals surface area contributed by atoms with Gasteiger partial charge in [0.15, 0.2) is 6.10 Å². The highest BCUT2D eigenvalue weighted by atomic mass is 16.6. The Morgan fingerprint density at radius 1 is 0.349 bits per heavy atom. The minimum atomic E-state index is -0.852. The van der Waals surface area contributed by atoms with Crippen molar-refractivity contribution < 1.29 is 28.6 Å². The molecular formula is C57H88O6. The molecule has 0 aliphatic rings. The molecule has 0 saturated heterocycles. The Balaban J connectivity index is 4.54. The first-order chi connectivity index (χ1) is 31.0. The maximum Gasteiger partial charge on any atom is 0.309 e. The number of hydrogen-bond donors (Lipinski definition) is 0. The van der Waals surface area contributed by atoms with E-state index in [9.17, 15) is 14.4 Å². The summed E-state index contributed by atoms with van der Waals surface area (Å²) >= 11 is 0. The van der Waals surface area contributed by atoms with Gasteiger partial charge in [-0.05, 0) is 103 Å². The van der Waals surface area contributed by atoms with E-state index in [2.05, 4.69) is 130 Å². The number of esters is 3. The van der Waals surface area contributed by atoms with Gasteiger partial charge in [-0.25, -0.2) is 0 Å². The molecule has 0 amide bonds. The lowest BCUT2D eigenvalue weighted by molar-refractivity contribution is -0.166. The van der Waals surface area contributed by atoms with Crippen LogP contribution in [-0.4, -0.2) is 37.2 Å². The lowest BCUT2D eigenvalue weighted by Crippen LogP contribution is -2.30. The maximum atomic E-state index is 12.8. The number of rotatable bonds is 42. The lowest BCUT2D eigenvalue weighted by Gasteiger charge is -2.18. The third-order valence-corrected chi connectivity index (χ3v) is 9.67. The number of allylic oxidation sites excluding steroid dienone is 21. The quantitative estimate of drug-likeness (QED) is 0.0263. The van der Waals surface area contributed by atoms with Crippen molar-refractivity contribution in [3.05, 3.63) is 134 Å². The number of hydrogen-bond acceptors (Lipinski definition) is 6. The van der Waals surface area contributed by atoms with E-state index >= 15 is 0 Å². The van der Waals surface area contributed by atoms with E-state index in [1.165, 1.54) is 44.9 Å². The van der Waals surface area contributed by atoms with Crippen LogP contribution in [0.3, 0.4) is 0 Å². The Kier molecular flexibility index (Phi) is 46.7. The zero-order chi connectivity index (χ0) is 45.8. The summed E-state index contributed by atoms with van der Waals surface area (Å²) in [6, 6.07) is 0. The Bertz CT molecular complexity index is 1420. The number of carbonyl (C=O) groups is 3. The van der Waals surface area contributed by atoms with Crippen LogP contribution in [-0.2, 0) is 28.6 Å². The molecule has 0 bridgehead atoms. The SMILES string of the molecule is CC/C=C\C/C=C\C/C=C\C/C=C\C/C=C\C/C=C\CCC(=O)OCC(COC(=O)C/C=C\C/C=C\C/C=C\CC)OC(=O)CCCCCCCCC/C=C\C/C=C\CCCCC. The summed E-state index contributed by atoms with van der Waals surface area (Å²) in [5.41, 5.74) is 0. The van der Waals surface area contributed by atoms with Gasteiger partial charge in [0, 0.05) is 12.8 Å². The molecule has 0 fully saturated rings. The predicted molar refractivity (Wildman–Crippen MR) is 269 cm³/mol. The summed E-state index contributed by atoms with van der Waals surface area (Å²) in [6.45, 7) is 6.18. The summed E-state index contributed by atoms with van der Waals surface area (Å²) in [7, 11) is 0. The molecule has 352 valence electrons. The first kappa shape index (κ1) is 58.6. The fourth-order valence-corrected chi connectivity index (χ4v) is 6.03. The van der Waals surface area contributed by atoms with E-state index in [0.29, 0.717) is 6.42 Å². The van der Waals surface area contributed by atoms with Crippen LogP contribution >= 0.6 is 0 Å². The Labute approximate surface area is 385 Å². The van der Waals surface area contributed by atoms with Crippen molar-refractivity contribution in [2.24, 2.45) is 0 Å². The normalized spacial score (nSPS) is 13.3. The summed E-state index contributed by atoms with van der Waals surface area (Å²) in [4.78, 5) is 37.7. The standard InChI is InChI=1S/C57H88O6/c1-4-7-10-13-16-19-21-23-25-27-28-30-31-33-35-38-41-44-47-50-56(59)62-53-54(52-61-55(58)49-46-43-40-37-18-15-12-9-6-3)63-57(60)51-48-45-42-39-36-34-32-29-26-24-22-20-17-14-11-8-5-2/h7,9-10,12,16-20,23-26,28,30,33,35,37,41,43-44,46,54H,4-6,8,11,13-15,21-22,27,29,31-32,34,36,38-40,42,45,47-53H2,1-3H3/b10-7-,12-9-,19-16-,20-17-,25-23-,26-24-,30-28-,35-33-,37-18-,44-41-,46-43-. The minimum Gasteiger partial charge on any atom is -0.462 e. The van der Waals surface area contributed by atoms with Gasteiger partial charge in [0.2, 0.25) is 0 Å². The van der Waals surface area contributed by atoms with E-state index in [0.717, 1.165) is 96.3 Å². The van der Waals surface area contributed by atoms with Gasteiger partial charge in [-0.15, -0.1) is 0 Å². The molecule has 6 heteroatoms. The molecule has 0 aliphatic carbocycles. The van der Waals surface area contributed by atoms with Gasteiger partial charge in [0.25, 0.3) is 0 Å². The second-order valence-electron chi connectivity index (χ2n) is 15.6. The van der Waals surface area contributed by atoms with Crippen LogP contribution in [0, 0.1) is 0 Å². The molecule has 0 saturated carbocycles. The van der Waals surface area contributed by atoms with E-state index < -0.39 is 12.1 Å². The molecule has 0 rings (SSSR count). The van der Waals surface area contributed by atoms with Crippen molar-refractivity contribution in [2.75, 3.05) is 13.2 Å². The molecule has 0 aromatic rings. The first-order valence-corrected chi connectivity index (χ1v) is 24.7. The first-order valence-electron chi connectivity index (χ1n) is 24.7. The van der Waals surface area contributed by atoms with Crippen LogP contribution in [0.1, 0.15) is 188 Å². The van der Waals surface area contributed by atoms with Crippen LogP contribution in [0.5, 0.6) is 0 Å². The number of ether oxygens (including phenoxy) is 3. The van der Waals surface area contributed by atoms with Gasteiger partial charge < -0.3 is 14.2 Å². The van der Waals surface area contributed by atoms with Gasteiger partial charge in [0.05, 0.1) is 6.42 Å². The van der Waals surface area contributed by atoms with Gasteiger partial charge in [0.1, 0.15) is 13.2 Å². The molecule has 0 heterocycles. The zero-order valence-corrected chi connectivity index (χ0v) is 40.0. The van der Waals surface area contributed by atoms with Crippen LogP contribution < -0.4 is 0 Å². The molecule has 0 spiro atoms. The van der Waals surface area contributed by atoms with Crippen LogP contribution in [0.2, 0.25) is 0 Å². The Morgan fingerprint density at radius 2 is 0.714 bits per heavy atom. The number of unbranched alkanes of at least 4 members (excludes halogenated alkanes) is 10. The molecule has 1 unspecified atom stereocenters. The lowest BCUT2D eigenvalue weighted by atomic mass is 10.1. The predicted octanol–water partition coefficient (Wildman–Crippen LogP) is 16.3. The molecule has 0 aromatic heterocycles. The topological polar surface area (TPSA) is 78.9 Å². The third-order valence-electron chi connectivity index (χ3n) is 9.67. The minimum absolute atomic E-state index is 0.115. The van der Waals surface area contributed by atoms with Crippen LogP contribution in [0.4, 0.5) is 0 Å². The highest BCUT2D eigenvalue weighted by Crippen LogP contribution is 2.12. The molecule has 63 heavy (non-hydrogen) atoms. The third kappa shape index (κ3) is 48.4. The summed E-state index contributed by atoms with van der Waals surface area (Å²) < 4.78 is 16.5. The Morgan fingerprint density at radius 3 is 1.17 bits per heavy atom. The molecule has 0 N–H and O–H groups in total. The fraction of sp³-hybridized carbons (Fsp3) is 0.561. The van der Waals surface area contributed by atoms with E-state index in [4.69, 9.17) is 14.2 Å². The smallest absolute Gasteiger partial charge is 0.309 e. The van der Waals surface area contributed by atoms with Crippen LogP contribution in [0.15, 0.2) is 134 Å². The fourth-order valence-electron chi connectivity index (χ4n) is 6.03. The summed E-state index contributed by atoms with van der Waals surface area (Å²) in [5.74, 6) is -1.18. The maximum absolute atomic E-state index is 12.8. The van der Waals surface area contributed by atoms with Crippen molar-refractivity contribution in [1.29, 1.82) is 0 Å². The molecule has 0 radical (unpaired) electrons.